The molecule has 1 heterocycles. The number of fused-ring (bicyclic) bond motifs is 1. The van der Waals surface area contributed by atoms with Gasteiger partial charge >= 0.3 is 0 Å². The van der Waals surface area contributed by atoms with Crippen molar-refractivity contribution in [2.45, 2.75) is 17.9 Å². The molecular weight excluding hydrogens is 376 g/mol. The molecule has 0 radical (unpaired) electrons. The molecular formula is C21H18N2O2S2. The summed E-state index contributed by atoms with van der Waals surface area (Å²) in [4.78, 5) is 4.64. The van der Waals surface area contributed by atoms with Crippen molar-refractivity contribution in [2.24, 2.45) is 0 Å². The van der Waals surface area contributed by atoms with Gasteiger partial charge in [-0.1, -0.05) is 60.7 Å². The first kappa shape index (κ1) is 17.9. The Bertz CT molecular complexity index is 1130. The summed E-state index contributed by atoms with van der Waals surface area (Å²) in [6.45, 7) is 1.91. The Hall–Kier alpha value is -2.54. The zero-order valence-corrected chi connectivity index (χ0v) is 16.3. The van der Waals surface area contributed by atoms with Crippen molar-refractivity contribution in [1.29, 1.82) is 0 Å². The molecule has 0 aliphatic carbocycles. The second-order valence-corrected chi connectivity index (χ2v) is 9.19. The topological polar surface area (TPSA) is 59.1 Å². The van der Waals surface area contributed by atoms with E-state index in [9.17, 15) is 8.42 Å². The lowest BCUT2D eigenvalue weighted by Gasteiger charge is -2.20. The van der Waals surface area contributed by atoms with E-state index in [1.54, 1.807) is 18.2 Å². The third-order valence-electron chi connectivity index (χ3n) is 4.32. The molecule has 0 saturated heterocycles. The van der Waals surface area contributed by atoms with Crippen LogP contribution in [0.3, 0.4) is 0 Å². The first-order chi connectivity index (χ1) is 13.0. The highest BCUT2D eigenvalue weighted by atomic mass is 32.2. The van der Waals surface area contributed by atoms with Gasteiger partial charge in [-0.2, -0.15) is 4.72 Å². The highest BCUT2D eigenvalue weighted by Gasteiger charge is 2.23. The maximum Gasteiger partial charge on any atom is 0.241 e. The third kappa shape index (κ3) is 3.78. The van der Waals surface area contributed by atoms with Crippen LogP contribution in [0.1, 0.15) is 22.2 Å². The van der Waals surface area contributed by atoms with Crippen molar-refractivity contribution in [2.75, 3.05) is 0 Å². The van der Waals surface area contributed by atoms with Gasteiger partial charge in [0.15, 0.2) is 0 Å². The van der Waals surface area contributed by atoms with Gasteiger partial charge in [0, 0.05) is 0 Å². The van der Waals surface area contributed by atoms with Crippen molar-refractivity contribution in [1.82, 2.24) is 9.71 Å². The summed E-state index contributed by atoms with van der Waals surface area (Å²) in [5, 5.41) is 0.916. The number of hydrogen-bond acceptors (Lipinski definition) is 4. The number of rotatable bonds is 5. The number of aromatic nitrogens is 1. The van der Waals surface area contributed by atoms with Gasteiger partial charge in [-0.25, -0.2) is 13.4 Å². The molecule has 6 heteroatoms. The molecule has 1 N–H and O–H groups in total. The van der Waals surface area contributed by atoms with Crippen LogP contribution in [0.2, 0.25) is 0 Å². The van der Waals surface area contributed by atoms with Crippen molar-refractivity contribution >= 4 is 31.6 Å². The zero-order chi connectivity index (χ0) is 18.9. The third-order valence-corrected chi connectivity index (χ3v) is 6.67. The van der Waals surface area contributed by atoms with Crippen LogP contribution in [0.4, 0.5) is 0 Å². The number of benzene rings is 3. The second kappa shape index (κ2) is 7.23. The molecule has 4 aromatic rings. The molecule has 27 heavy (non-hydrogen) atoms. The van der Waals surface area contributed by atoms with Gasteiger partial charge in [0.1, 0.15) is 0 Å². The molecule has 0 spiro atoms. The van der Waals surface area contributed by atoms with Gasteiger partial charge < -0.3 is 0 Å². The first-order valence-electron chi connectivity index (χ1n) is 8.52. The molecule has 0 atom stereocenters. The lowest BCUT2D eigenvalue weighted by Crippen LogP contribution is -2.29. The minimum Gasteiger partial charge on any atom is -0.242 e. The molecule has 1 aromatic heterocycles. The number of hydrogen-bond donors (Lipinski definition) is 1. The van der Waals surface area contributed by atoms with Crippen LogP contribution in [-0.4, -0.2) is 13.4 Å². The van der Waals surface area contributed by atoms with E-state index in [2.05, 4.69) is 9.71 Å². The Morgan fingerprint density at radius 3 is 2.07 bits per heavy atom. The van der Waals surface area contributed by atoms with Gasteiger partial charge in [-0.15, -0.1) is 11.3 Å². The summed E-state index contributed by atoms with van der Waals surface area (Å²) in [6, 6.07) is 23.8. The summed E-state index contributed by atoms with van der Waals surface area (Å²) in [5.74, 6) is 0. The maximum absolute atomic E-state index is 13.1. The van der Waals surface area contributed by atoms with Gasteiger partial charge in [0.2, 0.25) is 10.0 Å². The minimum atomic E-state index is -3.71. The van der Waals surface area contributed by atoms with Gasteiger partial charge in [0.05, 0.1) is 26.2 Å². The van der Waals surface area contributed by atoms with Crippen molar-refractivity contribution in [3.63, 3.8) is 0 Å². The quantitative estimate of drug-likeness (QED) is 0.535. The Morgan fingerprint density at radius 2 is 1.48 bits per heavy atom. The SMILES string of the molecule is Cc1nc2ccc(S(=O)(=O)NC(c3ccccc3)c3ccccc3)cc2s1. The normalized spacial score (nSPS) is 11.9. The molecule has 0 bridgehead atoms. The van der Waals surface area contributed by atoms with E-state index in [4.69, 9.17) is 0 Å². The average molecular weight is 395 g/mol. The van der Waals surface area contributed by atoms with Crippen molar-refractivity contribution in [3.05, 3.63) is 95.0 Å². The fourth-order valence-electron chi connectivity index (χ4n) is 3.03. The highest BCUT2D eigenvalue weighted by Crippen LogP contribution is 2.27. The van der Waals surface area contributed by atoms with E-state index >= 15 is 0 Å². The van der Waals surface area contributed by atoms with E-state index in [0.717, 1.165) is 26.4 Å². The second-order valence-electron chi connectivity index (χ2n) is 6.24. The van der Waals surface area contributed by atoms with Crippen LogP contribution in [-0.2, 0) is 10.0 Å². The van der Waals surface area contributed by atoms with Gasteiger partial charge in [-0.05, 0) is 36.2 Å². The molecule has 136 valence electrons. The van der Waals surface area contributed by atoms with Crippen LogP contribution >= 0.6 is 11.3 Å². The van der Waals surface area contributed by atoms with Gasteiger partial charge in [0.25, 0.3) is 0 Å². The summed E-state index contributed by atoms with van der Waals surface area (Å²) < 4.78 is 30.0. The molecule has 0 aliphatic heterocycles. The maximum atomic E-state index is 13.1. The Balaban J connectivity index is 1.74. The summed E-state index contributed by atoms with van der Waals surface area (Å²) in [6.07, 6.45) is 0. The van der Waals surface area contributed by atoms with E-state index in [-0.39, 0.29) is 4.90 Å². The van der Waals surface area contributed by atoms with Crippen LogP contribution in [0, 0.1) is 6.92 Å². The number of thiazole rings is 1. The molecule has 4 nitrogen and oxygen atoms in total. The first-order valence-corrected chi connectivity index (χ1v) is 10.8. The molecule has 0 saturated carbocycles. The number of aryl methyl sites for hydroxylation is 1. The predicted molar refractivity (Wildman–Crippen MR) is 109 cm³/mol. The summed E-state index contributed by atoms with van der Waals surface area (Å²) in [5.41, 5.74) is 2.60. The molecule has 4 rings (SSSR count). The Labute approximate surface area is 162 Å². The highest BCUT2D eigenvalue weighted by molar-refractivity contribution is 7.89. The van der Waals surface area contributed by atoms with Gasteiger partial charge in [-0.3, -0.25) is 0 Å². The molecule has 3 aromatic carbocycles. The van der Waals surface area contributed by atoms with Crippen molar-refractivity contribution in [3.8, 4) is 0 Å². The Morgan fingerprint density at radius 1 is 0.889 bits per heavy atom. The number of sulfonamides is 1. The largest absolute Gasteiger partial charge is 0.242 e. The summed E-state index contributed by atoms with van der Waals surface area (Å²) in [7, 11) is -3.71. The Kier molecular flexibility index (Phi) is 4.78. The fraction of sp³-hybridized carbons (Fsp3) is 0.0952. The predicted octanol–water partition coefficient (Wildman–Crippen LogP) is 4.67. The zero-order valence-electron chi connectivity index (χ0n) is 14.7. The smallest absolute Gasteiger partial charge is 0.241 e. The van der Waals surface area contributed by atoms with Crippen LogP contribution in [0.15, 0.2) is 83.8 Å². The fourth-order valence-corrected chi connectivity index (χ4v) is 5.21. The molecule has 0 fully saturated rings. The number of nitrogens with zero attached hydrogens (tertiary/aromatic N) is 1. The molecule has 0 unspecified atom stereocenters. The molecule has 0 aliphatic rings. The van der Waals surface area contributed by atoms with Crippen LogP contribution in [0.25, 0.3) is 10.2 Å². The van der Waals surface area contributed by atoms with E-state index in [1.165, 1.54) is 11.3 Å². The lowest BCUT2D eigenvalue weighted by molar-refractivity contribution is 0.572. The van der Waals surface area contributed by atoms with Crippen LogP contribution < -0.4 is 4.72 Å². The minimum absolute atomic E-state index is 0.246. The lowest BCUT2D eigenvalue weighted by atomic mass is 10.00. The molecule has 0 amide bonds. The summed E-state index contributed by atoms with van der Waals surface area (Å²) >= 11 is 1.49. The average Bonchev–Trinajstić information content (AvgIpc) is 3.07. The monoisotopic (exact) mass is 394 g/mol. The van der Waals surface area contributed by atoms with Crippen molar-refractivity contribution < 1.29 is 8.42 Å². The van der Waals surface area contributed by atoms with E-state index in [1.807, 2.05) is 67.6 Å². The van der Waals surface area contributed by atoms with E-state index in [0.29, 0.717) is 0 Å². The van der Waals surface area contributed by atoms with Crippen LogP contribution in [0.5, 0.6) is 0 Å². The standard InChI is InChI=1S/C21H18N2O2S2/c1-15-22-19-13-12-18(14-20(19)26-15)27(24,25)23-21(16-8-4-2-5-9-16)17-10-6-3-7-11-17/h2-14,21,23H,1H3. The van der Waals surface area contributed by atoms with E-state index < -0.39 is 16.1 Å². The number of nitrogens with one attached hydrogen (secondary N) is 1.